The number of hydrogen-bond acceptors (Lipinski definition) is 6. The quantitative estimate of drug-likeness (QED) is 0.816. The standard InChI is InChI=1S/C12H19N5O2/c18-12(19)11-9-2-1-7(5-8(9)3-4-13-11)6-10-14-16-17-15-10/h7-11,13H,1-6H2,(H,18,19). The highest BCUT2D eigenvalue weighted by Crippen LogP contribution is 2.41. The van der Waals surface area contributed by atoms with Crippen molar-refractivity contribution in [1.82, 2.24) is 5.32 Å². The summed E-state index contributed by atoms with van der Waals surface area (Å²) in [5.74, 6) is 0.687. The lowest BCUT2D eigenvalue weighted by molar-refractivity contribution is -0.143. The fourth-order valence-electron chi connectivity index (χ4n) is 3.80. The van der Waals surface area contributed by atoms with Gasteiger partial charge in [-0.05, 0) is 66.8 Å². The van der Waals surface area contributed by atoms with E-state index < -0.39 is 5.97 Å². The molecule has 4 unspecified atom stereocenters. The van der Waals surface area contributed by atoms with Crippen molar-refractivity contribution in [2.75, 3.05) is 6.54 Å². The maximum Gasteiger partial charge on any atom is 0.320 e. The first-order chi connectivity index (χ1) is 9.24. The van der Waals surface area contributed by atoms with E-state index in [2.05, 4.69) is 26.0 Å². The van der Waals surface area contributed by atoms with Crippen LogP contribution in [0.1, 0.15) is 32.1 Å². The molecule has 3 rings (SSSR count). The number of carboxylic acids is 1. The Hall–Kier alpha value is -1.37. The molecule has 0 radical (unpaired) electrons. The van der Waals surface area contributed by atoms with Crippen LogP contribution in [0.5, 0.6) is 0 Å². The van der Waals surface area contributed by atoms with Gasteiger partial charge in [0.25, 0.3) is 0 Å². The predicted octanol–water partition coefficient (Wildman–Crippen LogP) is 2.01. The van der Waals surface area contributed by atoms with Gasteiger partial charge in [-0.15, -0.1) is 10.2 Å². The summed E-state index contributed by atoms with van der Waals surface area (Å²) in [5, 5.41) is 27.4. The minimum Gasteiger partial charge on any atom is -0.480 e. The first kappa shape index (κ1) is 12.7. The zero-order chi connectivity index (χ0) is 13.2. The Morgan fingerprint density at radius 2 is 2.00 bits per heavy atom. The van der Waals surface area contributed by atoms with Crippen LogP contribution in [-0.4, -0.2) is 29.8 Å². The molecule has 7 heteroatoms. The van der Waals surface area contributed by atoms with Crippen LogP contribution in [0.15, 0.2) is 20.7 Å². The molecular formula is C12H19N5O2. The van der Waals surface area contributed by atoms with Gasteiger partial charge in [-0.3, -0.25) is 4.79 Å². The third-order valence-corrected chi connectivity index (χ3v) is 4.68. The number of rotatable bonds is 3. The first-order valence-corrected chi connectivity index (χ1v) is 7.00. The molecule has 0 bridgehead atoms. The van der Waals surface area contributed by atoms with Gasteiger partial charge in [-0.1, -0.05) is 0 Å². The lowest BCUT2D eigenvalue weighted by Gasteiger charge is -2.43. The van der Waals surface area contributed by atoms with Gasteiger partial charge in [-0.25, -0.2) is 0 Å². The summed E-state index contributed by atoms with van der Waals surface area (Å²) in [6.07, 6.45) is 5.03. The Bertz CT molecular complexity index is 399. The van der Waals surface area contributed by atoms with E-state index >= 15 is 0 Å². The number of fused-ring (bicyclic) bond motifs is 1. The molecule has 2 N–H and O–H groups in total. The fraction of sp³-hybridized carbons (Fsp3) is 0.917. The van der Waals surface area contributed by atoms with Crippen LogP contribution in [0.4, 0.5) is 0 Å². The minimum atomic E-state index is -0.702. The van der Waals surface area contributed by atoms with E-state index in [1.54, 1.807) is 0 Å². The van der Waals surface area contributed by atoms with Crippen LogP contribution in [0.2, 0.25) is 0 Å². The molecule has 0 aromatic heterocycles. The van der Waals surface area contributed by atoms with Crippen molar-refractivity contribution >= 4 is 5.97 Å². The van der Waals surface area contributed by atoms with Gasteiger partial charge in [0.2, 0.25) is 0 Å². The number of aliphatic carboxylic acids is 1. The highest BCUT2D eigenvalue weighted by Gasteiger charge is 2.41. The van der Waals surface area contributed by atoms with Gasteiger partial charge in [0.05, 0.1) is 0 Å². The summed E-state index contributed by atoms with van der Waals surface area (Å²) in [5.41, 5.74) is 0. The van der Waals surface area contributed by atoms with Crippen LogP contribution < -0.4 is 5.32 Å². The van der Waals surface area contributed by atoms with Gasteiger partial charge >= 0.3 is 5.97 Å². The van der Waals surface area contributed by atoms with Crippen LogP contribution in [0, 0.1) is 17.8 Å². The van der Waals surface area contributed by atoms with Crippen molar-refractivity contribution in [3.8, 4) is 0 Å². The summed E-state index contributed by atoms with van der Waals surface area (Å²) >= 11 is 0. The van der Waals surface area contributed by atoms with E-state index in [9.17, 15) is 9.90 Å². The molecule has 7 nitrogen and oxygen atoms in total. The highest BCUT2D eigenvalue weighted by molar-refractivity contribution is 5.74. The first-order valence-electron chi connectivity index (χ1n) is 7.00. The molecule has 2 aliphatic heterocycles. The highest BCUT2D eigenvalue weighted by atomic mass is 16.4. The maximum absolute atomic E-state index is 11.3. The maximum atomic E-state index is 11.3. The van der Waals surface area contributed by atoms with E-state index in [4.69, 9.17) is 0 Å². The Morgan fingerprint density at radius 3 is 2.74 bits per heavy atom. The smallest absolute Gasteiger partial charge is 0.320 e. The zero-order valence-electron chi connectivity index (χ0n) is 10.8. The summed E-state index contributed by atoms with van der Waals surface area (Å²) in [6.45, 7) is 0.813. The van der Waals surface area contributed by atoms with Crippen LogP contribution in [0.25, 0.3) is 0 Å². The SMILES string of the molecule is O=C(O)C1NCCC2CC(CC3N=NN=N3)CCC21. The molecule has 1 aliphatic carbocycles. The topological polar surface area (TPSA) is 98.8 Å². The van der Waals surface area contributed by atoms with Crippen LogP contribution in [-0.2, 0) is 4.79 Å². The summed E-state index contributed by atoms with van der Waals surface area (Å²) in [7, 11) is 0. The lowest BCUT2D eigenvalue weighted by atomic mass is 9.67. The van der Waals surface area contributed by atoms with E-state index in [1.165, 1.54) is 0 Å². The molecule has 1 saturated carbocycles. The van der Waals surface area contributed by atoms with Gasteiger partial charge in [0, 0.05) is 0 Å². The van der Waals surface area contributed by atoms with Gasteiger partial charge in [0.1, 0.15) is 6.04 Å². The second-order valence-electron chi connectivity index (χ2n) is 5.79. The number of carboxylic acid groups (broad SMARTS) is 1. The molecule has 0 spiro atoms. The average Bonchev–Trinajstić information content (AvgIpc) is 2.90. The third kappa shape index (κ3) is 2.65. The molecule has 2 heterocycles. The number of hydrogen-bond donors (Lipinski definition) is 2. The van der Waals surface area contributed by atoms with Crippen molar-refractivity contribution in [2.45, 2.75) is 44.3 Å². The lowest BCUT2D eigenvalue weighted by Crippen LogP contribution is -2.52. The average molecular weight is 265 g/mol. The van der Waals surface area contributed by atoms with Crippen molar-refractivity contribution < 1.29 is 9.90 Å². The summed E-state index contributed by atoms with van der Waals surface area (Å²) in [4.78, 5) is 11.3. The van der Waals surface area contributed by atoms with Crippen LogP contribution >= 0.6 is 0 Å². The number of piperidine rings is 1. The molecule has 4 atom stereocenters. The summed E-state index contributed by atoms with van der Waals surface area (Å²) < 4.78 is 0. The van der Waals surface area contributed by atoms with Crippen molar-refractivity contribution in [3.63, 3.8) is 0 Å². The van der Waals surface area contributed by atoms with Gasteiger partial charge in [0.15, 0.2) is 6.17 Å². The Kier molecular flexibility index (Phi) is 3.54. The van der Waals surface area contributed by atoms with E-state index in [0.29, 0.717) is 11.8 Å². The number of nitrogens with zero attached hydrogens (tertiary/aromatic N) is 4. The van der Waals surface area contributed by atoms with E-state index in [1.807, 2.05) is 0 Å². The minimum absolute atomic E-state index is 0.0986. The van der Waals surface area contributed by atoms with Crippen LogP contribution in [0.3, 0.4) is 0 Å². The second kappa shape index (κ2) is 5.32. The molecule has 2 fully saturated rings. The second-order valence-corrected chi connectivity index (χ2v) is 5.79. The fourth-order valence-corrected chi connectivity index (χ4v) is 3.80. The Labute approximate surface area is 111 Å². The monoisotopic (exact) mass is 265 g/mol. The van der Waals surface area contributed by atoms with Gasteiger partial charge < -0.3 is 10.4 Å². The number of nitrogens with one attached hydrogen (secondary N) is 1. The molecule has 104 valence electrons. The molecule has 0 aromatic carbocycles. The third-order valence-electron chi connectivity index (χ3n) is 4.68. The largest absolute Gasteiger partial charge is 0.480 e. The molecule has 1 saturated heterocycles. The normalized spacial score (nSPS) is 38.3. The Morgan fingerprint density at radius 1 is 1.21 bits per heavy atom. The summed E-state index contributed by atoms with van der Waals surface area (Å²) in [6, 6.07) is -0.356. The zero-order valence-corrected chi connectivity index (χ0v) is 10.8. The Balaban J connectivity index is 1.59. The molecular weight excluding hydrogens is 246 g/mol. The molecule has 0 amide bonds. The predicted molar refractivity (Wildman–Crippen MR) is 66.5 cm³/mol. The van der Waals surface area contributed by atoms with Crippen molar-refractivity contribution in [2.24, 2.45) is 38.4 Å². The van der Waals surface area contributed by atoms with Crippen molar-refractivity contribution in [1.29, 1.82) is 0 Å². The van der Waals surface area contributed by atoms with E-state index in [-0.39, 0.29) is 18.1 Å². The molecule has 19 heavy (non-hydrogen) atoms. The number of carbonyl (C=O) groups is 1. The molecule has 3 aliphatic rings. The molecule has 0 aromatic rings. The van der Waals surface area contributed by atoms with E-state index in [0.717, 1.165) is 38.6 Å². The van der Waals surface area contributed by atoms with Crippen molar-refractivity contribution in [3.05, 3.63) is 0 Å². The van der Waals surface area contributed by atoms with Gasteiger partial charge in [-0.2, -0.15) is 0 Å².